The third-order valence-electron chi connectivity index (χ3n) is 3.10. The first-order chi connectivity index (χ1) is 10.4. The molecule has 2 aromatic carbocycles. The summed E-state index contributed by atoms with van der Waals surface area (Å²) in [6, 6.07) is 20.8. The molecule has 21 heavy (non-hydrogen) atoms. The van der Waals surface area contributed by atoms with Crippen LogP contribution in [0.15, 0.2) is 97.2 Å². The van der Waals surface area contributed by atoms with Crippen LogP contribution in [0.4, 0.5) is 11.4 Å². The lowest BCUT2D eigenvalue weighted by Crippen LogP contribution is -2.15. The van der Waals surface area contributed by atoms with E-state index in [1.165, 1.54) is 0 Å². The van der Waals surface area contributed by atoms with E-state index in [-0.39, 0.29) is 0 Å². The molecule has 0 aliphatic heterocycles. The van der Waals surface area contributed by atoms with Crippen LogP contribution >= 0.6 is 0 Å². The van der Waals surface area contributed by atoms with Crippen LogP contribution in [0, 0.1) is 0 Å². The Balaban J connectivity index is 2.52. The number of benzene rings is 2. The molecule has 0 radical (unpaired) electrons. The third kappa shape index (κ3) is 3.96. The maximum Gasteiger partial charge on any atom is 0.0461 e. The molecule has 0 heterocycles. The summed E-state index contributed by atoms with van der Waals surface area (Å²) >= 11 is 0. The monoisotopic (exact) mass is 275 g/mol. The summed E-state index contributed by atoms with van der Waals surface area (Å²) in [5, 5.41) is 0. The van der Waals surface area contributed by atoms with Crippen LogP contribution in [-0.2, 0) is 0 Å². The second-order valence-corrected chi connectivity index (χ2v) is 4.64. The highest BCUT2D eigenvalue weighted by molar-refractivity contribution is 5.69. The molecule has 0 amide bonds. The molecule has 106 valence electrons. The first-order valence-electron chi connectivity index (χ1n) is 7.26. The summed E-state index contributed by atoms with van der Waals surface area (Å²) in [6.45, 7) is 5.91. The van der Waals surface area contributed by atoms with Gasteiger partial charge in [-0.1, -0.05) is 68.1 Å². The van der Waals surface area contributed by atoms with Crippen molar-refractivity contribution in [1.82, 2.24) is 0 Å². The molecule has 0 N–H and O–H groups in total. The second kappa shape index (κ2) is 7.91. The van der Waals surface area contributed by atoms with Crippen LogP contribution in [0.1, 0.15) is 13.3 Å². The number of rotatable bonds is 6. The Morgan fingerprint density at radius 1 is 0.952 bits per heavy atom. The summed E-state index contributed by atoms with van der Waals surface area (Å²) < 4.78 is 0. The molecule has 2 rings (SSSR count). The first-order valence-corrected chi connectivity index (χ1v) is 7.26. The van der Waals surface area contributed by atoms with Gasteiger partial charge in [0.2, 0.25) is 0 Å². The summed E-state index contributed by atoms with van der Waals surface area (Å²) in [5.41, 5.74) is 3.45. The van der Waals surface area contributed by atoms with E-state index in [2.05, 4.69) is 79.1 Å². The van der Waals surface area contributed by atoms with Crippen molar-refractivity contribution >= 4 is 11.4 Å². The maximum atomic E-state index is 3.77. The Morgan fingerprint density at radius 3 is 1.90 bits per heavy atom. The first kappa shape index (κ1) is 14.9. The van der Waals surface area contributed by atoms with Crippen molar-refractivity contribution in [1.29, 1.82) is 0 Å². The molecule has 1 nitrogen and oxygen atoms in total. The highest BCUT2D eigenvalue weighted by Gasteiger charge is 2.11. The van der Waals surface area contributed by atoms with Gasteiger partial charge in [-0.15, -0.1) is 0 Å². The fourth-order valence-corrected chi connectivity index (χ4v) is 2.21. The minimum atomic E-state index is 0.979. The van der Waals surface area contributed by atoms with Gasteiger partial charge >= 0.3 is 0 Å². The van der Waals surface area contributed by atoms with E-state index in [9.17, 15) is 0 Å². The van der Waals surface area contributed by atoms with Crippen LogP contribution in [0.3, 0.4) is 0 Å². The fourth-order valence-electron chi connectivity index (χ4n) is 2.21. The van der Waals surface area contributed by atoms with Gasteiger partial charge in [-0.05, 0) is 36.8 Å². The van der Waals surface area contributed by atoms with Crippen molar-refractivity contribution in [2.24, 2.45) is 0 Å². The van der Waals surface area contributed by atoms with E-state index >= 15 is 0 Å². The molecule has 0 spiro atoms. The molecule has 0 atom stereocenters. The van der Waals surface area contributed by atoms with E-state index < -0.39 is 0 Å². The molecule has 0 fully saturated rings. The number of nitrogens with zero attached hydrogens (tertiary/aromatic N) is 1. The SMILES string of the molecule is C=C/C=C\C(=C/CC)N(c1ccccc1)c1ccccc1. The van der Waals surface area contributed by atoms with E-state index in [0.717, 1.165) is 23.5 Å². The average Bonchev–Trinajstić information content (AvgIpc) is 2.55. The normalized spacial score (nSPS) is 11.6. The zero-order valence-corrected chi connectivity index (χ0v) is 12.4. The molecular weight excluding hydrogens is 254 g/mol. The Hall–Kier alpha value is -2.54. The van der Waals surface area contributed by atoms with Crippen molar-refractivity contribution in [3.63, 3.8) is 0 Å². The van der Waals surface area contributed by atoms with Crippen molar-refractivity contribution in [2.45, 2.75) is 13.3 Å². The van der Waals surface area contributed by atoms with Gasteiger partial charge in [0.15, 0.2) is 0 Å². The molecule has 0 aliphatic carbocycles. The van der Waals surface area contributed by atoms with Crippen LogP contribution in [0.5, 0.6) is 0 Å². The van der Waals surface area contributed by atoms with Crippen molar-refractivity contribution in [3.05, 3.63) is 97.2 Å². The van der Waals surface area contributed by atoms with Gasteiger partial charge in [0.1, 0.15) is 0 Å². The molecule has 0 saturated heterocycles. The molecule has 2 aromatic rings. The minimum Gasteiger partial charge on any atom is -0.311 e. The number of hydrogen-bond acceptors (Lipinski definition) is 1. The second-order valence-electron chi connectivity index (χ2n) is 4.64. The average molecular weight is 275 g/mol. The molecular formula is C20H21N. The van der Waals surface area contributed by atoms with Crippen LogP contribution in [0.2, 0.25) is 0 Å². The maximum absolute atomic E-state index is 3.77. The van der Waals surface area contributed by atoms with E-state index in [0.29, 0.717) is 0 Å². The predicted octanol–water partition coefficient (Wildman–Crippen LogP) is 5.86. The molecule has 0 unspecified atom stereocenters. The van der Waals surface area contributed by atoms with Gasteiger partial charge in [0.05, 0.1) is 0 Å². The zero-order valence-electron chi connectivity index (χ0n) is 12.4. The zero-order chi connectivity index (χ0) is 14.9. The molecule has 1 heteroatoms. The van der Waals surface area contributed by atoms with Crippen LogP contribution < -0.4 is 4.90 Å². The predicted molar refractivity (Wildman–Crippen MR) is 92.7 cm³/mol. The summed E-state index contributed by atoms with van der Waals surface area (Å²) in [6.07, 6.45) is 9.07. The van der Waals surface area contributed by atoms with Gasteiger partial charge in [-0.3, -0.25) is 0 Å². The van der Waals surface area contributed by atoms with Gasteiger partial charge in [0.25, 0.3) is 0 Å². The van der Waals surface area contributed by atoms with Crippen molar-refractivity contribution in [2.75, 3.05) is 4.90 Å². The molecule has 0 aliphatic rings. The largest absolute Gasteiger partial charge is 0.311 e. The quantitative estimate of drug-likeness (QED) is 0.597. The number of para-hydroxylation sites is 2. The smallest absolute Gasteiger partial charge is 0.0461 e. The van der Waals surface area contributed by atoms with Crippen LogP contribution in [-0.4, -0.2) is 0 Å². The van der Waals surface area contributed by atoms with Gasteiger partial charge in [0, 0.05) is 17.1 Å². The topological polar surface area (TPSA) is 3.24 Å². The Kier molecular flexibility index (Phi) is 5.60. The third-order valence-corrected chi connectivity index (χ3v) is 3.10. The Labute approximate surface area is 127 Å². The van der Waals surface area contributed by atoms with Gasteiger partial charge in [-0.25, -0.2) is 0 Å². The number of anilines is 2. The van der Waals surface area contributed by atoms with Crippen LogP contribution in [0.25, 0.3) is 0 Å². The standard InChI is InChI=1S/C20H21N/c1-3-5-13-18(12-4-2)21(19-14-8-6-9-15-19)20-16-10-7-11-17-20/h3,5-17H,1,4H2,2H3/b13-5-,18-12+. The van der Waals surface area contributed by atoms with E-state index in [1.54, 1.807) is 6.08 Å². The minimum absolute atomic E-state index is 0.979. The van der Waals surface area contributed by atoms with Crippen molar-refractivity contribution < 1.29 is 0 Å². The fraction of sp³-hybridized carbons (Fsp3) is 0.100. The Bertz CT molecular complexity index is 569. The van der Waals surface area contributed by atoms with Crippen molar-refractivity contribution in [3.8, 4) is 0 Å². The lowest BCUT2D eigenvalue weighted by atomic mass is 10.2. The highest BCUT2D eigenvalue weighted by Crippen LogP contribution is 2.30. The molecule has 0 aromatic heterocycles. The lowest BCUT2D eigenvalue weighted by Gasteiger charge is -2.26. The van der Waals surface area contributed by atoms with E-state index in [4.69, 9.17) is 0 Å². The summed E-state index contributed by atoms with van der Waals surface area (Å²) in [4.78, 5) is 2.25. The number of allylic oxidation sites excluding steroid dienone is 4. The molecule has 0 bridgehead atoms. The Morgan fingerprint density at radius 2 is 1.48 bits per heavy atom. The highest BCUT2D eigenvalue weighted by atomic mass is 15.1. The summed E-state index contributed by atoms with van der Waals surface area (Å²) in [7, 11) is 0. The molecule has 0 saturated carbocycles. The number of hydrogen-bond donors (Lipinski definition) is 0. The van der Waals surface area contributed by atoms with Gasteiger partial charge < -0.3 is 4.90 Å². The summed E-state index contributed by atoms with van der Waals surface area (Å²) in [5.74, 6) is 0. The van der Waals surface area contributed by atoms with Gasteiger partial charge in [-0.2, -0.15) is 0 Å². The lowest BCUT2D eigenvalue weighted by molar-refractivity contribution is 1.13. The van der Waals surface area contributed by atoms with E-state index in [1.807, 2.05) is 18.2 Å².